The van der Waals surface area contributed by atoms with Crippen LogP contribution in [-0.2, 0) is 0 Å². The van der Waals surface area contributed by atoms with E-state index >= 15 is 0 Å². The van der Waals surface area contributed by atoms with Crippen molar-refractivity contribution < 1.29 is 4.39 Å². The van der Waals surface area contributed by atoms with Gasteiger partial charge in [0.1, 0.15) is 5.82 Å². The molecule has 0 aromatic heterocycles. The fourth-order valence-corrected chi connectivity index (χ4v) is 2.83. The normalized spacial score (nSPS) is 21.3. The Labute approximate surface area is 101 Å². The number of nitriles is 1. The molecule has 17 heavy (non-hydrogen) atoms. The number of hydrogen-bond donors (Lipinski definition) is 0. The molecule has 0 radical (unpaired) electrons. The number of piperidine rings is 1. The molecule has 0 bridgehead atoms. The van der Waals surface area contributed by atoms with Crippen LogP contribution in [0.2, 0.25) is 0 Å². The van der Waals surface area contributed by atoms with Gasteiger partial charge in [-0.05, 0) is 49.3 Å². The Morgan fingerprint density at radius 2 is 2.12 bits per heavy atom. The standard InChI is InChI=1S/C14H15FN2/c15-12-8-11(9-16)2-3-13(12)17-7-1-4-14(10-17)5-6-14/h2-3,8H,1,4-7,10H2. The van der Waals surface area contributed by atoms with Crippen LogP contribution < -0.4 is 4.90 Å². The number of nitrogens with zero attached hydrogens (tertiary/aromatic N) is 2. The first-order valence-electron chi connectivity index (χ1n) is 6.17. The summed E-state index contributed by atoms with van der Waals surface area (Å²) in [6.45, 7) is 1.92. The molecule has 2 nitrogen and oxygen atoms in total. The van der Waals surface area contributed by atoms with Gasteiger partial charge >= 0.3 is 0 Å². The third kappa shape index (κ3) is 1.88. The second-order valence-electron chi connectivity index (χ2n) is 5.30. The van der Waals surface area contributed by atoms with E-state index in [0.29, 0.717) is 16.7 Å². The number of benzene rings is 1. The van der Waals surface area contributed by atoms with E-state index in [1.165, 1.54) is 25.3 Å². The molecule has 2 fully saturated rings. The predicted molar refractivity (Wildman–Crippen MR) is 64.2 cm³/mol. The molecule has 1 saturated carbocycles. The third-order valence-electron chi connectivity index (χ3n) is 4.04. The van der Waals surface area contributed by atoms with Gasteiger partial charge in [0.25, 0.3) is 0 Å². The van der Waals surface area contributed by atoms with Crippen LogP contribution in [0, 0.1) is 22.6 Å². The minimum Gasteiger partial charge on any atom is -0.369 e. The van der Waals surface area contributed by atoms with Gasteiger partial charge in [0.2, 0.25) is 0 Å². The second-order valence-corrected chi connectivity index (χ2v) is 5.30. The Kier molecular flexibility index (Phi) is 2.32. The molecule has 2 aliphatic rings. The molecule has 0 atom stereocenters. The lowest BCUT2D eigenvalue weighted by molar-refractivity contribution is 0.392. The van der Waals surface area contributed by atoms with Crippen molar-refractivity contribution in [2.24, 2.45) is 5.41 Å². The first kappa shape index (κ1) is 10.6. The van der Waals surface area contributed by atoms with Gasteiger partial charge in [-0.1, -0.05) is 0 Å². The van der Waals surface area contributed by atoms with Crippen LogP contribution >= 0.6 is 0 Å². The Hall–Kier alpha value is -1.56. The number of anilines is 1. The van der Waals surface area contributed by atoms with Crippen molar-refractivity contribution in [1.29, 1.82) is 5.26 Å². The number of halogens is 1. The number of hydrogen-bond acceptors (Lipinski definition) is 2. The Balaban J connectivity index is 1.86. The van der Waals surface area contributed by atoms with Gasteiger partial charge in [-0.25, -0.2) is 4.39 Å². The summed E-state index contributed by atoms with van der Waals surface area (Å²) in [5, 5.41) is 8.73. The van der Waals surface area contributed by atoms with Crippen molar-refractivity contribution in [3.8, 4) is 6.07 Å². The van der Waals surface area contributed by atoms with Crippen LogP contribution in [-0.4, -0.2) is 13.1 Å². The summed E-state index contributed by atoms with van der Waals surface area (Å²) in [6.07, 6.45) is 5.03. The Morgan fingerprint density at radius 1 is 1.29 bits per heavy atom. The average molecular weight is 230 g/mol. The quantitative estimate of drug-likeness (QED) is 0.741. The van der Waals surface area contributed by atoms with Crippen molar-refractivity contribution in [2.45, 2.75) is 25.7 Å². The first-order valence-corrected chi connectivity index (χ1v) is 6.17. The van der Waals surface area contributed by atoms with Crippen LogP contribution in [0.15, 0.2) is 18.2 Å². The van der Waals surface area contributed by atoms with E-state index in [1.807, 2.05) is 6.07 Å². The largest absolute Gasteiger partial charge is 0.369 e. The van der Waals surface area contributed by atoms with Crippen molar-refractivity contribution in [1.82, 2.24) is 0 Å². The molecule has 3 heteroatoms. The van der Waals surface area contributed by atoms with Gasteiger partial charge in [0.15, 0.2) is 0 Å². The highest BCUT2D eigenvalue weighted by atomic mass is 19.1. The fourth-order valence-electron chi connectivity index (χ4n) is 2.83. The van der Waals surface area contributed by atoms with E-state index < -0.39 is 0 Å². The molecule has 88 valence electrons. The maximum Gasteiger partial charge on any atom is 0.147 e. The first-order chi connectivity index (χ1) is 8.22. The molecular formula is C14H15FN2. The maximum atomic E-state index is 13.9. The van der Waals surface area contributed by atoms with E-state index in [2.05, 4.69) is 4.90 Å². The molecule has 1 aliphatic heterocycles. The molecule has 1 saturated heterocycles. The third-order valence-corrected chi connectivity index (χ3v) is 4.04. The van der Waals surface area contributed by atoms with Gasteiger partial charge in [-0.15, -0.1) is 0 Å². The fraction of sp³-hybridized carbons (Fsp3) is 0.500. The highest BCUT2D eigenvalue weighted by molar-refractivity contribution is 5.52. The van der Waals surface area contributed by atoms with E-state index in [-0.39, 0.29) is 5.82 Å². The van der Waals surface area contributed by atoms with Crippen LogP contribution in [0.4, 0.5) is 10.1 Å². The zero-order chi connectivity index (χ0) is 11.9. The SMILES string of the molecule is N#Cc1ccc(N2CCCC3(CC3)C2)c(F)c1. The molecule has 0 amide bonds. The molecule has 1 aliphatic carbocycles. The van der Waals surface area contributed by atoms with Crippen LogP contribution in [0.3, 0.4) is 0 Å². The summed E-state index contributed by atoms with van der Waals surface area (Å²) >= 11 is 0. The van der Waals surface area contributed by atoms with E-state index in [9.17, 15) is 4.39 Å². The molecule has 1 aromatic carbocycles. The zero-order valence-corrected chi connectivity index (χ0v) is 9.75. The van der Waals surface area contributed by atoms with Gasteiger partial charge in [0.05, 0.1) is 17.3 Å². The van der Waals surface area contributed by atoms with E-state index in [0.717, 1.165) is 19.5 Å². The monoisotopic (exact) mass is 230 g/mol. The van der Waals surface area contributed by atoms with Crippen molar-refractivity contribution >= 4 is 5.69 Å². The van der Waals surface area contributed by atoms with Gasteiger partial charge in [0, 0.05) is 13.1 Å². The van der Waals surface area contributed by atoms with Crippen molar-refractivity contribution in [2.75, 3.05) is 18.0 Å². The minimum absolute atomic E-state index is 0.262. The maximum absolute atomic E-state index is 13.9. The van der Waals surface area contributed by atoms with Gasteiger partial charge in [-0.2, -0.15) is 5.26 Å². The van der Waals surface area contributed by atoms with Gasteiger partial charge < -0.3 is 4.90 Å². The smallest absolute Gasteiger partial charge is 0.147 e. The summed E-state index contributed by atoms with van der Waals surface area (Å²) in [5.41, 5.74) is 1.54. The topological polar surface area (TPSA) is 27.0 Å². The number of rotatable bonds is 1. The summed E-state index contributed by atoms with van der Waals surface area (Å²) < 4.78 is 13.9. The second kappa shape index (κ2) is 3.73. The lowest BCUT2D eigenvalue weighted by atomic mass is 9.94. The van der Waals surface area contributed by atoms with Crippen molar-refractivity contribution in [3.05, 3.63) is 29.6 Å². The summed E-state index contributed by atoms with van der Waals surface area (Å²) in [6, 6.07) is 6.75. The molecule has 0 unspecified atom stereocenters. The Bertz CT molecular complexity index is 485. The van der Waals surface area contributed by atoms with Crippen molar-refractivity contribution in [3.63, 3.8) is 0 Å². The summed E-state index contributed by atoms with van der Waals surface area (Å²) in [5.74, 6) is -0.262. The highest BCUT2D eigenvalue weighted by Gasteiger charge is 2.45. The molecule has 3 rings (SSSR count). The average Bonchev–Trinajstić information content (AvgIpc) is 3.08. The minimum atomic E-state index is -0.262. The van der Waals surface area contributed by atoms with Gasteiger partial charge in [-0.3, -0.25) is 0 Å². The summed E-state index contributed by atoms with van der Waals surface area (Å²) in [7, 11) is 0. The van der Waals surface area contributed by atoms with Crippen LogP contribution in [0.1, 0.15) is 31.2 Å². The highest BCUT2D eigenvalue weighted by Crippen LogP contribution is 2.52. The molecule has 1 heterocycles. The molecule has 1 spiro atoms. The molecule has 1 aromatic rings. The van der Waals surface area contributed by atoms with Crippen LogP contribution in [0.5, 0.6) is 0 Å². The lowest BCUT2D eigenvalue weighted by Crippen LogP contribution is -2.36. The molecule has 0 N–H and O–H groups in total. The van der Waals surface area contributed by atoms with Crippen LogP contribution in [0.25, 0.3) is 0 Å². The lowest BCUT2D eigenvalue weighted by Gasteiger charge is -2.34. The Morgan fingerprint density at radius 3 is 2.76 bits per heavy atom. The zero-order valence-electron chi connectivity index (χ0n) is 9.75. The van der Waals surface area contributed by atoms with E-state index in [1.54, 1.807) is 12.1 Å². The predicted octanol–water partition coefficient (Wildman–Crippen LogP) is 3.08. The molecular weight excluding hydrogens is 215 g/mol. The summed E-state index contributed by atoms with van der Waals surface area (Å²) in [4.78, 5) is 2.15. The van der Waals surface area contributed by atoms with E-state index in [4.69, 9.17) is 5.26 Å².